The van der Waals surface area contributed by atoms with Crippen LogP contribution in [0.5, 0.6) is 0 Å². The van der Waals surface area contributed by atoms with Crippen molar-refractivity contribution in [3.05, 3.63) is 50.1 Å². The summed E-state index contributed by atoms with van der Waals surface area (Å²) in [5.74, 6) is 0. The van der Waals surface area contributed by atoms with Crippen molar-refractivity contribution in [1.82, 2.24) is 4.31 Å². The van der Waals surface area contributed by atoms with Crippen molar-refractivity contribution >= 4 is 37.3 Å². The third-order valence-corrected chi connectivity index (χ3v) is 7.40. The Labute approximate surface area is 130 Å². The minimum absolute atomic E-state index is 0.316. The van der Waals surface area contributed by atoms with E-state index < -0.39 is 10.0 Å². The molecule has 3 rings (SSSR count). The molecule has 0 saturated carbocycles. The van der Waals surface area contributed by atoms with Gasteiger partial charge in [-0.2, -0.15) is 4.31 Å². The maximum atomic E-state index is 12.7. The Hall–Kier alpha value is -0.730. The molecule has 7 heteroatoms. The molecule has 0 aliphatic carbocycles. The van der Waals surface area contributed by atoms with E-state index >= 15 is 0 Å². The lowest BCUT2D eigenvalue weighted by Gasteiger charge is -2.14. The van der Waals surface area contributed by atoms with Gasteiger partial charge in [0.2, 0.25) is 10.0 Å². The lowest BCUT2D eigenvalue weighted by atomic mass is 10.1. The van der Waals surface area contributed by atoms with Crippen LogP contribution in [-0.2, 0) is 29.7 Å². The topological polar surface area (TPSA) is 63.4 Å². The molecule has 4 nitrogen and oxygen atoms in total. The normalized spacial score (nSPS) is 15.5. The fraction of sp³-hybridized carbons (Fsp3) is 0.231. The van der Waals surface area contributed by atoms with E-state index in [1.807, 2.05) is 24.3 Å². The number of thiophene rings is 1. The van der Waals surface area contributed by atoms with Crippen LogP contribution in [0.15, 0.2) is 39.0 Å². The third-order valence-electron chi connectivity index (χ3n) is 3.34. The van der Waals surface area contributed by atoms with Crippen molar-refractivity contribution < 1.29 is 8.42 Å². The Morgan fingerprint density at radius 3 is 2.35 bits per heavy atom. The molecular formula is C13H13BrN2O2S2. The predicted molar refractivity (Wildman–Crippen MR) is 82.8 cm³/mol. The van der Waals surface area contributed by atoms with Crippen LogP contribution in [0.3, 0.4) is 0 Å². The van der Waals surface area contributed by atoms with Crippen LogP contribution in [0, 0.1) is 0 Å². The van der Waals surface area contributed by atoms with E-state index in [1.54, 1.807) is 6.07 Å². The molecule has 0 bridgehead atoms. The molecule has 20 heavy (non-hydrogen) atoms. The maximum Gasteiger partial charge on any atom is 0.245 e. The van der Waals surface area contributed by atoms with Crippen LogP contribution < -0.4 is 5.73 Å². The molecule has 0 atom stereocenters. The molecule has 1 aliphatic rings. The van der Waals surface area contributed by atoms with Crippen LogP contribution in [0.25, 0.3) is 0 Å². The molecule has 0 spiro atoms. The largest absolute Gasteiger partial charge is 0.326 e. The highest BCUT2D eigenvalue weighted by atomic mass is 79.9. The van der Waals surface area contributed by atoms with E-state index in [4.69, 9.17) is 5.73 Å². The summed E-state index contributed by atoms with van der Waals surface area (Å²) < 4.78 is 27.6. The maximum absolute atomic E-state index is 12.7. The summed E-state index contributed by atoms with van der Waals surface area (Å²) in [5, 5.41) is 0. The molecule has 0 saturated heterocycles. The molecule has 0 radical (unpaired) electrons. The van der Waals surface area contributed by atoms with Gasteiger partial charge in [-0.3, -0.25) is 0 Å². The van der Waals surface area contributed by atoms with Crippen LogP contribution >= 0.6 is 27.3 Å². The first-order chi connectivity index (χ1) is 9.52. The molecule has 0 fully saturated rings. The number of benzene rings is 1. The molecule has 2 aromatic rings. The van der Waals surface area contributed by atoms with E-state index in [0.29, 0.717) is 28.3 Å². The van der Waals surface area contributed by atoms with Crippen molar-refractivity contribution in [3.8, 4) is 0 Å². The van der Waals surface area contributed by atoms with Gasteiger partial charge in [-0.15, -0.1) is 11.3 Å². The molecule has 1 aromatic carbocycles. The summed E-state index contributed by atoms with van der Waals surface area (Å²) in [6.45, 7) is 1.20. The summed E-state index contributed by atoms with van der Waals surface area (Å²) in [6, 6.07) is 9.47. The monoisotopic (exact) mass is 372 g/mol. The molecule has 2 heterocycles. The van der Waals surface area contributed by atoms with Gasteiger partial charge in [-0.1, -0.05) is 24.3 Å². The number of hydrogen-bond donors (Lipinski definition) is 1. The quantitative estimate of drug-likeness (QED) is 0.900. The Morgan fingerprint density at radius 2 is 1.85 bits per heavy atom. The number of hydrogen-bond acceptors (Lipinski definition) is 4. The fourth-order valence-electron chi connectivity index (χ4n) is 2.29. The van der Waals surface area contributed by atoms with Gasteiger partial charge >= 0.3 is 0 Å². The zero-order valence-corrected chi connectivity index (χ0v) is 13.8. The molecule has 1 aliphatic heterocycles. The van der Waals surface area contributed by atoms with Crippen LogP contribution in [-0.4, -0.2) is 12.7 Å². The lowest BCUT2D eigenvalue weighted by molar-refractivity contribution is 0.431. The second-order valence-electron chi connectivity index (χ2n) is 4.60. The summed E-state index contributed by atoms with van der Waals surface area (Å²) in [6.07, 6.45) is 0. The number of nitrogens with two attached hydrogens (primary N) is 1. The average molecular weight is 373 g/mol. The highest BCUT2D eigenvalue weighted by Gasteiger charge is 2.32. The first-order valence-corrected chi connectivity index (χ1v) is 9.12. The van der Waals surface area contributed by atoms with Crippen LogP contribution in [0.4, 0.5) is 0 Å². The van der Waals surface area contributed by atoms with Gasteiger partial charge in [0.1, 0.15) is 4.90 Å². The molecular weight excluding hydrogens is 360 g/mol. The Balaban J connectivity index is 1.96. The van der Waals surface area contributed by atoms with Gasteiger partial charge in [-0.05, 0) is 33.1 Å². The smallest absolute Gasteiger partial charge is 0.245 e. The van der Waals surface area contributed by atoms with Gasteiger partial charge in [0.05, 0.1) is 3.79 Å². The van der Waals surface area contributed by atoms with Gasteiger partial charge in [0, 0.05) is 24.5 Å². The van der Waals surface area contributed by atoms with Crippen molar-refractivity contribution in [3.63, 3.8) is 0 Å². The summed E-state index contributed by atoms with van der Waals surface area (Å²) in [7, 11) is -3.48. The summed E-state index contributed by atoms with van der Waals surface area (Å²) in [5.41, 5.74) is 7.72. The third kappa shape index (κ3) is 2.33. The Bertz CT molecular complexity index is 730. The zero-order chi connectivity index (χ0) is 14.3. The van der Waals surface area contributed by atoms with E-state index in [9.17, 15) is 8.42 Å². The summed E-state index contributed by atoms with van der Waals surface area (Å²) >= 11 is 4.70. The number of nitrogens with zero attached hydrogens (tertiary/aromatic N) is 1. The number of halogens is 1. The Morgan fingerprint density at radius 1 is 1.25 bits per heavy atom. The second-order valence-corrected chi connectivity index (χ2v) is 8.96. The van der Waals surface area contributed by atoms with E-state index in [2.05, 4.69) is 15.9 Å². The minimum Gasteiger partial charge on any atom is -0.326 e. The van der Waals surface area contributed by atoms with Crippen LogP contribution in [0.2, 0.25) is 0 Å². The number of rotatable bonds is 3. The standard InChI is InChI=1S/C13H13BrN2O2S2/c14-13-12(5-11(6-15)19-13)20(17,18)16-7-9-3-1-2-4-10(9)8-16/h1-5H,6-8,15H2. The molecule has 106 valence electrons. The van der Waals surface area contributed by atoms with Crippen molar-refractivity contribution in [2.75, 3.05) is 0 Å². The average Bonchev–Trinajstić information content (AvgIpc) is 3.02. The molecule has 0 amide bonds. The SMILES string of the molecule is NCc1cc(S(=O)(=O)N2Cc3ccccc3C2)c(Br)s1. The first kappa shape index (κ1) is 14.2. The summed E-state index contributed by atoms with van der Waals surface area (Å²) in [4.78, 5) is 1.17. The van der Waals surface area contributed by atoms with Crippen molar-refractivity contribution in [2.24, 2.45) is 5.73 Å². The van der Waals surface area contributed by atoms with E-state index in [-0.39, 0.29) is 0 Å². The predicted octanol–water partition coefficient (Wildman–Crippen LogP) is 2.67. The first-order valence-electron chi connectivity index (χ1n) is 6.07. The van der Waals surface area contributed by atoms with E-state index in [0.717, 1.165) is 16.0 Å². The highest BCUT2D eigenvalue weighted by molar-refractivity contribution is 9.11. The number of fused-ring (bicyclic) bond motifs is 1. The zero-order valence-electron chi connectivity index (χ0n) is 10.5. The molecule has 2 N–H and O–H groups in total. The minimum atomic E-state index is -3.48. The Kier molecular flexibility index (Phi) is 3.72. The fourth-order valence-corrected chi connectivity index (χ4v) is 6.19. The molecule has 1 aromatic heterocycles. The van der Waals surface area contributed by atoms with Gasteiger partial charge < -0.3 is 5.73 Å². The van der Waals surface area contributed by atoms with E-state index in [1.165, 1.54) is 15.6 Å². The van der Waals surface area contributed by atoms with Gasteiger partial charge in [0.25, 0.3) is 0 Å². The molecule has 0 unspecified atom stereocenters. The van der Waals surface area contributed by atoms with Gasteiger partial charge in [0.15, 0.2) is 0 Å². The van der Waals surface area contributed by atoms with Crippen molar-refractivity contribution in [2.45, 2.75) is 24.5 Å². The number of sulfonamides is 1. The highest BCUT2D eigenvalue weighted by Crippen LogP contribution is 2.36. The lowest BCUT2D eigenvalue weighted by Crippen LogP contribution is -2.25. The van der Waals surface area contributed by atoms with Crippen molar-refractivity contribution in [1.29, 1.82) is 0 Å². The van der Waals surface area contributed by atoms with Gasteiger partial charge in [-0.25, -0.2) is 8.42 Å². The van der Waals surface area contributed by atoms with Crippen LogP contribution in [0.1, 0.15) is 16.0 Å². The second kappa shape index (κ2) is 5.23.